The van der Waals surface area contributed by atoms with E-state index in [1.165, 1.54) is 225 Å². The van der Waals surface area contributed by atoms with Gasteiger partial charge in [0.25, 0.3) is 0 Å². The zero-order valence-electron chi connectivity index (χ0n) is 45.9. The molecule has 0 saturated carbocycles. The molecule has 0 saturated heterocycles. The lowest BCUT2D eigenvalue weighted by molar-refractivity contribution is -0.870. The maximum atomic E-state index is 12.9. The van der Waals surface area contributed by atoms with Crippen LogP contribution in [0, 0.1) is 0 Å². The Morgan fingerprint density at radius 1 is 0.485 bits per heavy atom. The molecule has 1 amide bonds. The molecule has 0 radical (unpaired) electrons. The van der Waals surface area contributed by atoms with Crippen LogP contribution in [0.1, 0.15) is 284 Å². The molecular formula is C59H116N2O6P+. The minimum atomic E-state index is -4.35. The Morgan fingerprint density at radius 2 is 0.809 bits per heavy atom. The molecule has 0 aromatic rings. The van der Waals surface area contributed by atoms with Crippen molar-refractivity contribution in [1.29, 1.82) is 0 Å². The molecule has 0 bridgehead atoms. The number of unbranched alkanes of at least 4 members (excludes halogenated alkanes) is 37. The maximum absolute atomic E-state index is 12.9. The molecule has 0 rings (SSSR count). The van der Waals surface area contributed by atoms with Gasteiger partial charge in [-0.2, -0.15) is 0 Å². The molecule has 8 nitrogen and oxygen atoms in total. The van der Waals surface area contributed by atoms with Crippen molar-refractivity contribution in [2.75, 3.05) is 40.9 Å². The quantitative estimate of drug-likeness (QED) is 0.0243. The summed E-state index contributed by atoms with van der Waals surface area (Å²) in [4.78, 5) is 23.2. The second-order valence-electron chi connectivity index (χ2n) is 21.4. The fraction of sp³-hybridized carbons (Fsp3) is 0.881. The molecule has 3 atom stereocenters. The molecular weight excluding hydrogens is 864 g/mol. The van der Waals surface area contributed by atoms with E-state index in [-0.39, 0.29) is 19.1 Å². The Bertz CT molecular complexity index is 1200. The van der Waals surface area contributed by atoms with E-state index in [9.17, 15) is 19.4 Å². The summed E-state index contributed by atoms with van der Waals surface area (Å²) in [5.41, 5.74) is 0. The van der Waals surface area contributed by atoms with Crippen LogP contribution < -0.4 is 5.32 Å². The number of allylic oxidation sites excluding steroid dienone is 5. The molecule has 0 heterocycles. The van der Waals surface area contributed by atoms with Crippen molar-refractivity contribution < 1.29 is 32.9 Å². The van der Waals surface area contributed by atoms with Crippen LogP contribution in [0.15, 0.2) is 36.5 Å². The first-order valence-corrected chi connectivity index (χ1v) is 30.9. The van der Waals surface area contributed by atoms with Crippen LogP contribution in [0.5, 0.6) is 0 Å². The van der Waals surface area contributed by atoms with E-state index in [2.05, 4.69) is 43.5 Å². The van der Waals surface area contributed by atoms with Crippen molar-refractivity contribution >= 4 is 13.7 Å². The van der Waals surface area contributed by atoms with Crippen molar-refractivity contribution in [1.82, 2.24) is 5.32 Å². The molecule has 0 aliphatic heterocycles. The number of phosphoric ester groups is 1. The average molecular weight is 981 g/mol. The first-order valence-electron chi connectivity index (χ1n) is 29.4. The zero-order valence-corrected chi connectivity index (χ0v) is 46.8. The molecule has 3 N–H and O–H groups in total. The van der Waals surface area contributed by atoms with Crippen molar-refractivity contribution in [3.05, 3.63) is 36.5 Å². The summed E-state index contributed by atoms with van der Waals surface area (Å²) in [6.07, 6.45) is 65.6. The van der Waals surface area contributed by atoms with Crippen LogP contribution >= 0.6 is 7.82 Å². The normalized spacial score (nSPS) is 14.2. The van der Waals surface area contributed by atoms with Crippen molar-refractivity contribution in [2.24, 2.45) is 0 Å². The molecule has 9 heteroatoms. The highest BCUT2D eigenvalue weighted by Crippen LogP contribution is 2.43. The number of hydrogen-bond donors (Lipinski definition) is 3. The number of carbonyl (C=O) groups is 1. The molecule has 402 valence electrons. The van der Waals surface area contributed by atoms with E-state index < -0.39 is 20.0 Å². The summed E-state index contributed by atoms with van der Waals surface area (Å²) in [6.45, 7) is 4.81. The Kier molecular flexibility index (Phi) is 49.7. The maximum Gasteiger partial charge on any atom is 0.472 e. The number of quaternary nitrogens is 1. The van der Waals surface area contributed by atoms with Crippen molar-refractivity contribution in [2.45, 2.75) is 296 Å². The fourth-order valence-corrected chi connectivity index (χ4v) is 9.44. The van der Waals surface area contributed by atoms with Gasteiger partial charge >= 0.3 is 7.82 Å². The number of rotatable bonds is 54. The Balaban J connectivity index is 3.99. The van der Waals surface area contributed by atoms with Crippen LogP contribution in [0.2, 0.25) is 0 Å². The zero-order chi connectivity index (χ0) is 49.9. The minimum absolute atomic E-state index is 0.0575. The minimum Gasteiger partial charge on any atom is -0.387 e. The first-order chi connectivity index (χ1) is 33.0. The number of nitrogens with zero attached hydrogens (tertiary/aromatic N) is 1. The van der Waals surface area contributed by atoms with Gasteiger partial charge in [-0.3, -0.25) is 13.8 Å². The molecule has 0 aromatic heterocycles. The van der Waals surface area contributed by atoms with Gasteiger partial charge in [-0.25, -0.2) is 4.57 Å². The first kappa shape index (κ1) is 66.7. The third-order valence-electron chi connectivity index (χ3n) is 13.3. The van der Waals surface area contributed by atoms with E-state index in [0.29, 0.717) is 17.4 Å². The summed E-state index contributed by atoms with van der Waals surface area (Å²) in [5.74, 6) is -0.183. The topological polar surface area (TPSA) is 105 Å². The highest BCUT2D eigenvalue weighted by molar-refractivity contribution is 7.47. The van der Waals surface area contributed by atoms with Gasteiger partial charge in [-0.1, -0.05) is 256 Å². The predicted octanol–water partition coefficient (Wildman–Crippen LogP) is 17.8. The summed E-state index contributed by atoms with van der Waals surface area (Å²) in [5, 5.41) is 13.9. The summed E-state index contributed by atoms with van der Waals surface area (Å²) >= 11 is 0. The lowest BCUT2D eigenvalue weighted by Gasteiger charge is -2.25. The highest BCUT2D eigenvalue weighted by atomic mass is 31.2. The molecule has 0 fully saturated rings. The third-order valence-corrected chi connectivity index (χ3v) is 14.3. The SMILES string of the molecule is CCCCCCCCC/C=C/CC/C=C/C(O)C(COP(=O)(O)OCC[N+](C)(C)C)NC(=O)CCCCCCCCCCCCCCCCCCCCCCC/C=C\CCCCCCCCCC. The predicted molar refractivity (Wildman–Crippen MR) is 295 cm³/mol. The van der Waals surface area contributed by atoms with Gasteiger partial charge in [0.15, 0.2) is 0 Å². The molecule has 0 spiro atoms. The van der Waals surface area contributed by atoms with Gasteiger partial charge in [0.1, 0.15) is 13.2 Å². The summed E-state index contributed by atoms with van der Waals surface area (Å²) in [7, 11) is 1.56. The Morgan fingerprint density at radius 3 is 1.18 bits per heavy atom. The Labute approximate surface area is 423 Å². The van der Waals surface area contributed by atoms with E-state index in [0.717, 1.165) is 38.5 Å². The molecule has 0 aliphatic rings. The second-order valence-corrected chi connectivity index (χ2v) is 22.8. The van der Waals surface area contributed by atoms with Gasteiger partial charge in [0.05, 0.1) is 39.9 Å². The summed E-state index contributed by atoms with van der Waals surface area (Å²) < 4.78 is 23.6. The van der Waals surface area contributed by atoms with Gasteiger partial charge in [-0.05, 0) is 57.8 Å². The van der Waals surface area contributed by atoms with Crippen molar-refractivity contribution in [3.63, 3.8) is 0 Å². The highest BCUT2D eigenvalue weighted by Gasteiger charge is 2.27. The monoisotopic (exact) mass is 980 g/mol. The van der Waals surface area contributed by atoms with Crippen LogP contribution in [0.3, 0.4) is 0 Å². The lowest BCUT2D eigenvalue weighted by atomic mass is 10.0. The van der Waals surface area contributed by atoms with Gasteiger partial charge < -0.3 is 19.8 Å². The van der Waals surface area contributed by atoms with E-state index >= 15 is 0 Å². The number of likely N-dealkylation sites (N-methyl/N-ethyl adjacent to an activating group) is 1. The fourth-order valence-electron chi connectivity index (χ4n) is 8.70. The van der Waals surface area contributed by atoms with Crippen LogP contribution in [-0.2, 0) is 18.4 Å². The largest absolute Gasteiger partial charge is 0.472 e. The van der Waals surface area contributed by atoms with E-state index in [1.807, 2.05) is 27.2 Å². The Hall–Kier alpha value is -1.28. The van der Waals surface area contributed by atoms with Crippen LogP contribution in [0.25, 0.3) is 0 Å². The van der Waals surface area contributed by atoms with Gasteiger partial charge in [0, 0.05) is 6.42 Å². The van der Waals surface area contributed by atoms with E-state index in [1.54, 1.807) is 6.08 Å². The standard InChI is InChI=1S/C59H115N2O6P/c1-6-8-10-12-14-16-18-20-21-22-23-24-25-26-27-28-29-30-31-32-33-34-35-36-37-38-39-41-43-45-47-49-51-53-59(63)60-57(56-67-68(64,65)66-55-54-61(3,4)5)58(62)52-50-48-46-44-42-40-19-17-15-13-11-9-7-2/h22-23,42,44,50,52,57-58,62H,6-21,24-41,43,45-49,51,53-56H2,1-5H3,(H-,60,63,64,65)/p+1/b23-22-,44-42+,52-50+. The lowest BCUT2D eigenvalue weighted by Crippen LogP contribution is -2.45. The van der Waals surface area contributed by atoms with E-state index in [4.69, 9.17) is 9.05 Å². The molecule has 3 unspecified atom stereocenters. The molecule has 0 aromatic carbocycles. The van der Waals surface area contributed by atoms with Crippen LogP contribution in [-0.4, -0.2) is 73.4 Å². The average Bonchev–Trinajstić information content (AvgIpc) is 3.30. The number of carbonyl (C=O) groups excluding carboxylic acids is 1. The molecule has 0 aliphatic carbocycles. The van der Waals surface area contributed by atoms with Gasteiger partial charge in [0.2, 0.25) is 5.91 Å². The number of phosphoric acid groups is 1. The number of aliphatic hydroxyl groups is 1. The third kappa shape index (κ3) is 52.5. The van der Waals surface area contributed by atoms with Crippen molar-refractivity contribution in [3.8, 4) is 0 Å². The number of hydrogen-bond acceptors (Lipinski definition) is 5. The number of nitrogens with one attached hydrogen (secondary N) is 1. The van der Waals surface area contributed by atoms with Gasteiger partial charge in [-0.15, -0.1) is 0 Å². The summed E-state index contributed by atoms with van der Waals surface area (Å²) in [6, 6.07) is -0.860. The second kappa shape index (κ2) is 50.7. The number of amides is 1. The molecule has 68 heavy (non-hydrogen) atoms. The van der Waals surface area contributed by atoms with Crippen LogP contribution in [0.4, 0.5) is 0 Å². The smallest absolute Gasteiger partial charge is 0.387 e. The number of aliphatic hydroxyl groups excluding tert-OH is 1.